The van der Waals surface area contributed by atoms with Crippen molar-refractivity contribution in [2.24, 2.45) is 0 Å². The molecule has 9 heteroatoms. The molecular weight excluding hydrogens is 412 g/mol. The Morgan fingerprint density at radius 3 is 2.90 bits per heavy atom. The standard InChI is InChI=1S/C22H24N6O2S/c1-27(2)12-19(29)14-10-18-20(31-13-14)22(28-6-8-30-9-7-28)25-21(24-18)15-4-3-5-17-16(15)11-23-26-17/h3-5,10-11H,6-9,12-13H2,1-2H3,(H,23,26). The van der Waals surface area contributed by atoms with Crippen molar-refractivity contribution in [2.45, 2.75) is 4.90 Å². The first kappa shape index (κ1) is 20.2. The number of likely N-dealkylation sites (N-methyl/N-ethyl adjacent to an activating group) is 1. The maximum Gasteiger partial charge on any atom is 0.173 e. The Bertz CT molecular complexity index is 1170. The third-order valence-corrected chi connectivity index (χ3v) is 6.55. The van der Waals surface area contributed by atoms with Crippen molar-refractivity contribution in [1.82, 2.24) is 25.1 Å². The predicted molar refractivity (Wildman–Crippen MR) is 122 cm³/mol. The molecule has 0 spiro atoms. The van der Waals surface area contributed by atoms with Crippen LogP contribution in [0, 0.1) is 0 Å². The zero-order valence-corrected chi connectivity index (χ0v) is 18.4. The minimum atomic E-state index is 0.133. The largest absolute Gasteiger partial charge is 0.378 e. The molecule has 2 aliphatic rings. The number of rotatable bonds is 5. The van der Waals surface area contributed by atoms with E-state index in [9.17, 15) is 4.79 Å². The third kappa shape index (κ3) is 3.96. The summed E-state index contributed by atoms with van der Waals surface area (Å²) >= 11 is 1.65. The molecule has 1 fully saturated rings. The summed E-state index contributed by atoms with van der Waals surface area (Å²) in [6, 6.07) is 5.98. The Morgan fingerprint density at radius 1 is 1.26 bits per heavy atom. The second-order valence-corrected chi connectivity index (χ2v) is 8.93. The molecule has 0 bridgehead atoms. The van der Waals surface area contributed by atoms with Gasteiger partial charge >= 0.3 is 0 Å². The molecule has 4 heterocycles. The Morgan fingerprint density at radius 2 is 2.10 bits per heavy atom. The molecule has 2 aromatic heterocycles. The van der Waals surface area contributed by atoms with Crippen LogP contribution in [-0.4, -0.2) is 83.5 Å². The van der Waals surface area contributed by atoms with E-state index < -0.39 is 0 Å². The van der Waals surface area contributed by atoms with Crippen molar-refractivity contribution in [1.29, 1.82) is 0 Å². The molecular formula is C22H24N6O2S. The number of ether oxygens (including phenoxy) is 1. The highest BCUT2D eigenvalue weighted by Gasteiger charge is 2.26. The van der Waals surface area contributed by atoms with Crippen LogP contribution in [0.2, 0.25) is 0 Å². The highest BCUT2D eigenvalue weighted by Crippen LogP contribution is 2.39. The van der Waals surface area contributed by atoms with Gasteiger partial charge < -0.3 is 14.5 Å². The number of fused-ring (bicyclic) bond motifs is 2. The predicted octanol–water partition coefficient (Wildman–Crippen LogP) is 2.48. The van der Waals surface area contributed by atoms with Crippen LogP contribution in [0.1, 0.15) is 5.69 Å². The van der Waals surface area contributed by atoms with Crippen molar-refractivity contribution >= 4 is 40.3 Å². The third-order valence-electron chi connectivity index (χ3n) is 5.41. The topological polar surface area (TPSA) is 87.2 Å². The van der Waals surface area contributed by atoms with Gasteiger partial charge in [0, 0.05) is 35.4 Å². The highest BCUT2D eigenvalue weighted by atomic mass is 32.2. The van der Waals surface area contributed by atoms with Gasteiger partial charge in [0.15, 0.2) is 11.6 Å². The molecule has 1 saturated heterocycles. The molecule has 0 amide bonds. The highest BCUT2D eigenvalue weighted by molar-refractivity contribution is 7.99. The van der Waals surface area contributed by atoms with E-state index in [-0.39, 0.29) is 5.78 Å². The second kappa shape index (κ2) is 8.41. The van der Waals surface area contributed by atoms with Crippen LogP contribution in [0.5, 0.6) is 0 Å². The number of aromatic amines is 1. The Kier molecular flexibility index (Phi) is 5.47. The number of nitrogens with zero attached hydrogens (tertiary/aromatic N) is 5. The quantitative estimate of drug-likeness (QED) is 0.653. The first-order chi connectivity index (χ1) is 15.1. The summed E-state index contributed by atoms with van der Waals surface area (Å²) in [5, 5.41) is 8.17. The van der Waals surface area contributed by atoms with Gasteiger partial charge in [-0.2, -0.15) is 5.10 Å². The average molecular weight is 437 g/mol. The Balaban J connectivity index is 1.64. The van der Waals surface area contributed by atoms with Crippen LogP contribution in [-0.2, 0) is 9.53 Å². The van der Waals surface area contributed by atoms with Crippen molar-refractivity contribution in [3.63, 3.8) is 0 Å². The van der Waals surface area contributed by atoms with E-state index >= 15 is 0 Å². The van der Waals surface area contributed by atoms with Gasteiger partial charge in [0.25, 0.3) is 0 Å². The molecule has 3 aromatic rings. The summed E-state index contributed by atoms with van der Waals surface area (Å²) in [6.45, 7) is 3.33. The SMILES string of the molecule is CN(C)CC(=O)C1=Cc2nc(-c3cccc4[nH]ncc34)nc(N3CCOCC3)c2SC1. The van der Waals surface area contributed by atoms with E-state index in [1.54, 1.807) is 18.0 Å². The maximum atomic E-state index is 12.7. The van der Waals surface area contributed by atoms with E-state index in [2.05, 4.69) is 15.1 Å². The number of nitrogens with one attached hydrogen (secondary N) is 1. The van der Waals surface area contributed by atoms with E-state index in [1.165, 1.54) is 0 Å². The number of benzene rings is 1. The van der Waals surface area contributed by atoms with Gasteiger partial charge in [0.05, 0.1) is 42.1 Å². The molecule has 1 aromatic carbocycles. The van der Waals surface area contributed by atoms with Crippen molar-refractivity contribution < 1.29 is 9.53 Å². The van der Waals surface area contributed by atoms with Gasteiger partial charge in [0.2, 0.25) is 0 Å². The van der Waals surface area contributed by atoms with Crippen LogP contribution in [0.3, 0.4) is 0 Å². The Hall–Kier alpha value is -2.75. The molecule has 160 valence electrons. The molecule has 0 unspecified atom stereocenters. The molecule has 5 rings (SSSR count). The zero-order valence-electron chi connectivity index (χ0n) is 17.6. The summed E-state index contributed by atoms with van der Waals surface area (Å²) < 4.78 is 5.55. The first-order valence-electron chi connectivity index (χ1n) is 10.3. The van der Waals surface area contributed by atoms with Gasteiger partial charge in [-0.05, 0) is 26.2 Å². The fourth-order valence-corrected chi connectivity index (χ4v) is 4.97. The molecule has 0 atom stereocenters. The lowest BCUT2D eigenvalue weighted by Gasteiger charge is -2.31. The minimum Gasteiger partial charge on any atom is -0.378 e. The number of ketones is 1. The summed E-state index contributed by atoms with van der Waals surface area (Å²) in [5.74, 6) is 2.33. The number of aromatic nitrogens is 4. The van der Waals surface area contributed by atoms with Gasteiger partial charge in [-0.25, -0.2) is 9.97 Å². The first-order valence-corrected chi connectivity index (χ1v) is 11.3. The number of morpholine rings is 1. The molecule has 0 saturated carbocycles. The number of carbonyl (C=O) groups excluding carboxylic acids is 1. The van der Waals surface area contributed by atoms with Crippen LogP contribution >= 0.6 is 11.8 Å². The monoisotopic (exact) mass is 436 g/mol. The summed E-state index contributed by atoms with van der Waals surface area (Å²) in [4.78, 5) is 27.8. The lowest BCUT2D eigenvalue weighted by atomic mass is 10.1. The molecule has 0 aliphatic carbocycles. The molecule has 1 N–H and O–H groups in total. The number of hydrogen-bond donors (Lipinski definition) is 1. The van der Waals surface area contributed by atoms with Gasteiger partial charge in [-0.1, -0.05) is 12.1 Å². The van der Waals surface area contributed by atoms with Crippen LogP contribution in [0.15, 0.2) is 34.9 Å². The lowest BCUT2D eigenvalue weighted by Crippen LogP contribution is -2.37. The van der Waals surface area contributed by atoms with Crippen LogP contribution < -0.4 is 4.90 Å². The molecule has 31 heavy (non-hydrogen) atoms. The molecule has 2 aliphatic heterocycles. The van der Waals surface area contributed by atoms with E-state index in [4.69, 9.17) is 14.7 Å². The van der Waals surface area contributed by atoms with Gasteiger partial charge in [0.1, 0.15) is 5.82 Å². The number of thioether (sulfide) groups is 1. The molecule has 8 nitrogen and oxygen atoms in total. The van der Waals surface area contributed by atoms with Crippen LogP contribution in [0.4, 0.5) is 5.82 Å². The average Bonchev–Trinajstić information content (AvgIpc) is 3.27. The van der Waals surface area contributed by atoms with Crippen LogP contribution in [0.25, 0.3) is 28.4 Å². The number of carbonyl (C=O) groups is 1. The van der Waals surface area contributed by atoms with Crippen molar-refractivity contribution in [2.75, 3.05) is 57.6 Å². The summed E-state index contributed by atoms with van der Waals surface area (Å²) in [5.41, 5.74) is 3.47. The van der Waals surface area contributed by atoms with Crippen molar-refractivity contribution in [3.05, 3.63) is 35.7 Å². The minimum absolute atomic E-state index is 0.133. The van der Waals surface area contributed by atoms with Crippen molar-refractivity contribution in [3.8, 4) is 11.4 Å². The lowest BCUT2D eigenvalue weighted by molar-refractivity contribution is -0.116. The fraction of sp³-hybridized carbons (Fsp3) is 0.364. The molecule has 0 radical (unpaired) electrons. The zero-order chi connectivity index (χ0) is 21.4. The van der Waals surface area contributed by atoms with E-state index in [0.29, 0.717) is 31.3 Å². The number of hydrogen-bond acceptors (Lipinski definition) is 8. The second-order valence-electron chi connectivity index (χ2n) is 7.94. The number of H-pyrrole nitrogens is 1. The summed E-state index contributed by atoms with van der Waals surface area (Å²) in [7, 11) is 3.81. The Labute approximate surface area is 184 Å². The van der Waals surface area contributed by atoms with Gasteiger partial charge in [-0.15, -0.1) is 11.8 Å². The maximum absolute atomic E-state index is 12.7. The van der Waals surface area contributed by atoms with Gasteiger partial charge in [-0.3, -0.25) is 9.89 Å². The summed E-state index contributed by atoms with van der Waals surface area (Å²) in [6.07, 6.45) is 3.75. The van der Waals surface area contributed by atoms with E-state index in [0.717, 1.165) is 51.5 Å². The smallest absolute Gasteiger partial charge is 0.173 e. The normalized spacial score (nSPS) is 16.5. The number of anilines is 1. The number of Topliss-reactive ketones (excluding diaryl/α,β-unsaturated/α-hetero) is 1. The van der Waals surface area contributed by atoms with E-state index in [1.807, 2.05) is 43.3 Å². The fourth-order valence-electron chi connectivity index (χ4n) is 3.87.